The van der Waals surface area contributed by atoms with Gasteiger partial charge in [-0.15, -0.1) is 0 Å². The van der Waals surface area contributed by atoms with Crippen molar-refractivity contribution in [3.8, 4) is 0 Å². The molecule has 0 heteroatoms. The summed E-state index contributed by atoms with van der Waals surface area (Å²) in [5.74, 6) is 4.18. The van der Waals surface area contributed by atoms with Crippen LogP contribution in [0.4, 0.5) is 0 Å². The van der Waals surface area contributed by atoms with Crippen LogP contribution >= 0.6 is 0 Å². The largest absolute Gasteiger partial charge is 0.0599 e. The first-order valence-electron chi connectivity index (χ1n) is 6.21. The van der Waals surface area contributed by atoms with Crippen molar-refractivity contribution in [1.29, 1.82) is 0 Å². The van der Waals surface area contributed by atoms with Crippen LogP contribution in [0.5, 0.6) is 0 Å². The van der Waals surface area contributed by atoms with E-state index in [1.165, 1.54) is 12.8 Å². The summed E-state index contributed by atoms with van der Waals surface area (Å²) in [4.78, 5) is 0. The lowest BCUT2D eigenvalue weighted by Gasteiger charge is -2.65. The Morgan fingerprint density at radius 3 is 1.29 bits per heavy atom. The van der Waals surface area contributed by atoms with Gasteiger partial charge in [0, 0.05) is 0 Å². The Kier molecular flexibility index (Phi) is 2.08. The third-order valence-electron chi connectivity index (χ3n) is 4.81. The maximum atomic E-state index is 2.42. The van der Waals surface area contributed by atoms with Crippen LogP contribution in [0.3, 0.4) is 0 Å². The second-order valence-electron chi connectivity index (χ2n) is 7.75. The van der Waals surface area contributed by atoms with Gasteiger partial charge in [0.05, 0.1) is 0 Å². The average Bonchev–Trinajstić information content (AvgIpc) is 1.88. The van der Waals surface area contributed by atoms with E-state index in [1.54, 1.807) is 0 Å². The summed E-state index contributed by atoms with van der Waals surface area (Å²) in [5, 5.41) is 0. The Hall–Kier alpha value is 0. The lowest BCUT2D eigenvalue weighted by Crippen LogP contribution is -2.58. The maximum absolute atomic E-state index is 2.42. The lowest BCUT2D eigenvalue weighted by atomic mass is 9.39. The molecule has 82 valence electrons. The second-order valence-corrected chi connectivity index (χ2v) is 7.75. The van der Waals surface area contributed by atoms with E-state index in [4.69, 9.17) is 0 Å². The Bertz CT molecular complexity index is 201. The van der Waals surface area contributed by atoms with Gasteiger partial charge in [0.1, 0.15) is 0 Å². The van der Waals surface area contributed by atoms with E-state index in [-0.39, 0.29) is 0 Å². The topological polar surface area (TPSA) is 0 Å². The smallest absolute Gasteiger partial charge is 0.0319 e. The molecule has 2 unspecified atom stereocenters. The van der Waals surface area contributed by atoms with Crippen molar-refractivity contribution in [3.63, 3.8) is 0 Å². The van der Waals surface area contributed by atoms with E-state index in [0.717, 1.165) is 23.7 Å². The Balaban J connectivity index is 2.04. The molecule has 2 aliphatic carbocycles. The highest BCUT2D eigenvalue weighted by molar-refractivity contribution is 5.07. The van der Waals surface area contributed by atoms with Crippen molar-refractivity contribution < 1.29 is 0 Å². The molecule has 0 nitrogen and oxygen atoms in total. The predicted octanol–water partition coefficient (Wildman–Crippen LogP) is 4.35. The molecule has 0 aromatic rings. The zero-order chi connectivity index (χ0) is 10.7. The van der Waals surface area contributed by atoms with Gasteiger partial charge >= 0.3 is 0 Å². The second kappa shape index (κ2) is 2.77. The van der Waals surface area contributed by atoms with Crippen LogP contribution in [-0.2, 0) is 0 Å². The van der Waals surface area contributed by atoms with Crippen molar-refractivity contribution in [2.75, 3.05) is 0 Å². The fourth-order valence-corrected chi connectivity index (χ4v) is 3.78. The summed E-state index contributed by atoms with van der Waals surface area (Å²) < 4.78 is 0. The Labute approximate surface area is 89.5 Å². The first-order chi connectivity index (χ1) is 6.21. The monoisotopic (exact) mass is 194 g/mol. The van der Waals surface area contributed by atoms with Gasteiger partial charge in [-0.25, -0.2) is 0 Å². The fourth-order valence-electron chi connectivity index (χ4n) is 3.78. The highest BCUT2D eigenvalue weighted by Crippen LogP contribution is 2.66. The van der Waals surface area contributed by atoms with Crippen LogP contribution in [0.25, 0.3) is 0 Å². The molecule has 0 radical (unpaired) electrons. The van der Waals surface area contributed by atoms with Crippen molar-refractivity contribution in [2.45, 2.75) is 54.4 Å². The highest BCUT2D eigenvalue weighted by Gasteiger charge is 2.59. The molecule has 0 aromatic carbocycles. The fraction of sp³-hybridized carbons (Fsp3) is 1.00. The van der Waals surface area contributed by atoms with Gasteiger partial charge in [0.15, 0.2) is 0 Å². The van der Waals surface area contributed by atoms with Gasteiger partial charge < -0.3 is 0 Å². The van der Waals surface area contributed by atoms with Gasteiger partial charge in [-0.1, -0.05) is 41.5 Å². The molecule has 0 aliphatic heterocycles. The molecule has 0 spiro atoms. The first-order valence-corrected chi connectivity index (χ1v) is 6.21. The summed E-state index contributed by atoms with van der Waals surface area (Å²) >= 11 is 0. The van der Waals surface area contributed by atoms with E-state index in [1.807, 2.05) is 0 Å². The van der Waals surface area contributed by atoms with E-state index in [2.05, 4.69) is 41.5 Å². The molecule has 2 atom stereocenters. The van der Waals surface area contributed by atoms with Crippen LogP contribution in [0.1, 0.15) is 54.4 Å². The molecule has 2 aliphatic rings. The van der Waals surface area contributed by atoms with E-state index in [9.17, 15) is 0 Å². The molecule has 0 bridgehead atoms. The van der Waals surface area contributed by atoms with Crippen LogP contribution in [-0.4, -0.2) is 0 Å². The lowest BCUT2D eigenvalue weighted by molar-refractivity contribution is -0.167. The number of hydrogen-bond donors (Lipinski definition) is 0. The van der Waals surface area contributed by atoms with Crippen LogP contribution in [0.15, 0.2) is 0 Å². The molecule has 2 rings (SSSR count). The SMILES string of the molecule is CC(C)(C)C1CC2CC(C(C)(C)C)C21. The van der Waals surface area contributed by atoms with Gasteiger partial charge in [0.25, 0.3) is 0 Å². The van der Waals surface area contributed by atoms with E-state index < -0.39 is 0 Å². The zero-order valence-corrected chi connectivity index (χ0v) is 10.7. The quantitative estimate of drug-likeness (QED) is 0.538. The minimum Gasteiger partial charge on any atom is -0.0599 e. The van der Waals surface area contributed by atoms with E-state index in [0.29, 0.717) is 10.8 Å². The summed E-state index contributed by atoms with van der Waals surface area (Å²) in [6, 6.07) is 0. The zero-order valence-electron chi connectivity index (χ0n) is 10.7. The summed E-state index contributed by atoms with van der Waals surface area (Å²) in [5.41, 5.74) is 1.09. The summed E-state index contributed by atoms with van der Waals surface area (Å²) in [6.07, 6.45) is 3.03. The Morgan fingerprint density at radius 1 is 0.714 bits per heavy atom. The molecule has 0 N–H and O–H groups in total. The summed E-state index contributed by atoms with van der Waals surface area (Å²) in [7, 11) is 0. The molecule has 2 fully saturated rings. The maximum Gasteiger partial charge on any atom is -0.0319 e. The van der Waals surface area contributed by atoms with Crippen LogP contribution in [0.2, 0.25) is 0 Å². The van der Waals surface area contributed by atoms with Crippen molar-refractivity contribution in [2.24, 2.45) is 34.5 Å². The standard InChI is InChI=1S/C14H26/c1-13(2,3)10-7-9-8-11(12(9)10)14(4,5)6/h9-12H,7-8H2,1-6H3. The average molecular weight is 194 g/mol. The minimum absolute atomic E-state index is 0.547. The number of hydrogen-bond acceptors (Lipinski definition) is 0. The van der Waals surface area contributed by atoms with Gasteiger partial charge in [-0.3, -0.25) is 0 Å². The summed E-state index contributed by atoms with van der Waals surface area (Å²) in [6.45, 7) is 14.5. The minimum atomic E-state index is 0.547. The van der Waals surface area contributed by atoms with Crippen LogP contribution in [0, 0.1) is 34.5 Å². The van der Waals surface area contributed by atoms with Crippen molar-refractivity contribution in [3.05, 3.63) is 0 Å². The third kappa shape index (κ3) is 1.42. The van der Waals surface area contributed by atoms with Gasteiger partial charge in [-0.05, 0) is 47.3 Å². The molecule has 0 aromatic heterocycles. The third-order valence-corrected chi connectivity index (χ3v) is 4.81. The van der Waals surface area contributed by atoms with Crippen LogP contribution < -0.4 is 0 Å². The van der Waals surface area contributed by atoms with Gasteiger partial charge in [-0.2, -0.15) is 0 Å². The highest BCUT2D eigenvalue weighted by atomic mass is 14.6. The normalized spacial score (nSPS) is 42.4. The molecule has 0 heterocycles. The Morgan fingerprint density at radius 2 is 1.07 bits per heavy atom. The molecule has 0 saturated heterocycles. The molecule has 0 amide bonds. The predicted molar refractivity (Wildman–Crippen MR) is 62.1 cm³/mol. The molecule has 14 heavy (non-hydrogen) atoms. The van der Waals surface area contributed by atoms with Crippen molar-refractivity contribution in [1.82, 2.24) is 0 Å². The molecular weight excluding hydrogens is 168 g/mol. The molecular formula is C14H26. The first kappa shape index (κ1) is 10.5. The van der Waals surface area contributed by atoms with E-state index >= 15 is 0 Å². The number of fused-ring (bicyclic) bond motifs is 1. The number of rotatable bonds is 0. The van der Waals surface area contributed by atoms with Crippen molar-refractivity contribution >= 4 is 0 Å². The molecule has 2 saturated carbocycles. The van der Waals surface area contributed by atoms with Gasteiger partial charge in [0.2, 0.25) is 0 Å².